The van der Waals surface area contributed by atoms with E-state index >= 15 is 0 Å². The van der Waals surface area contributed by atoms with E-state index < -0.39 is 13.3 Å². The van der Waals surface area contributed by atoms with Crippen molar-refractivity contribution in [3.05, 3.63) is 120 Å². The fourth-order valence-corrected chi connectivity index (χ4v) is 14.0. The minimum absolute atomic E-state index is 1.12. The number of halogens is 1. The Morgan fingerprint density at radius 3 is 1.04 bits per heavy atom. The second-order valence-corrected chi connectivity index (χ2v) is 15.3. The molecule has 0 atom stereocenters. The molecular weight excluding hydrogens is 441 g/mol. The van der Waals surface area contributed by atoms with E-state index in [4.69, 9.17) is 0 Å². The number of hydrogen-bond acceptors (Lipinski definition) is 0. The van der Waals surface area contributed by atoms with E-state index in [2.05, 4.69) is 131 Å². The van der Waals surface area contributed by atoms with Gasteiger partial charge in [0.25, 0.3) is 0 Å². The predicted octanol–water partition coefficient (Wildman–Crippen LogP) is 3.83. The third kappa shape index (κ3) is 3.06. The Hall–Kier alpha value is -2.10. The van der Waals surface area contributed by atoms with Gasteiger partial charge in [0.2, 0.25) is 0 Å². The van der Waals surface area contributed by atoms with Gasteiger partial charge in [-0.25, -0.2) is 0 Å². The molecule has 4 rings (SSSR count). The van der Waals surface area contributed by atoms with Crippen LogP contribution in [0.25, 0.3) is 0 Å². The molecule has 126 valence electrons. The molecule has 0 saturated carbocycles. The Kier molecular flexibility index (Phi) is 5.10. The van der Waals surface area contributed by atoms with E-state index in [0.29, 0.717) is 0 Å². The van der Waals surface area contributed by atoms with Gasteiger partial charge in [0.15, 0.2) is 0 Å². The topological polar surface area (TPSA) is 0 Å². The summed E-state index contributed by atoms with van der Waals surface area (Å²) in [5.74, 6) is 0. The van der Waals surface area contributed by atoms with E-state index in [-0.39, 0.29) is 0 Å². The number of benzene rings is 4. The van der Waals surface area contributed by atoms with E-state index in [9.17, 15) is 0 Å². The van der Waals surface area contributed by atoms with E-state index in [1.165, 1.54) is 17.6 Å². The molecule has 2 heteroatoms. The summed E-state index contributed by atoms with van der Waals surface area (Å²) in [4.78, 5) is 0. The van der Waals surface area contributed by atoms with Crippen LogP contribution in [-0.2, 0) is 0 Å². The molecule has 0 spiro atoms. The summed E-state index contributed by atoms with van der Waals surface area (Å²) in [6.45, 7) is 0. The van der Waals surface area contributed by atoms with Crippen molar-refractivity contribution in [3.63, 3.8) is 0 Å². The second kappa shape index (κ2) is 7.65. The van der Waals surface area contributed by atoms with Gasteiger partial charge in [-0.15, -0.1) is 0 Å². The zero-order valence-corrected chi connectivity index (χ0v) is 18.0. The summed E-state index contributed by atoms with van der Waals surface area (Å²) in [7, 11) is 0. The van der Waals surface area contributed by atoms with Crippen molar-refractivity contribution in [1.82, 2.24) is 0 Å². The molecule has 4 aromatic carbocycles. The first kappa shape index (κ1) is 17.3. The van der Waals surface area contributed by atoms with E-state index in [0.717, 1.165) is 4.47 Å². The first-order chi connectivity index (χ1) is 12.8. The molecule has 26 heavy (non-hydrogen) atoms. The van der Waals surface area contributed by atoms with Gasteiger partial charge >= 0.3 is 167 Å². The molecule has 0 aromatic heterocycles. The van der Waals surface area contributed by atoms with Crippen molar-refractivity contribution in [2.75, 3.05) is 0 Å². The molecule has 0 aliphatic rings. The van der Waals surface area contributed by atoms with Crippen molar-refractivity contribution in [2.45, 2.75) is 0 Å². The van der Waals surface area contributed by atoms with Crippen molar-refractivity contribution < 1.29 is 0 Å². The van der Waals surface area contributed by atoms with Crippen LogP contribution in [0.3, 0.4) is 0 Å². The average Bonchev–Trinajstić information content (AvgIpc) is 2.72. The molecule has 0 radical (unpaired) electrons. The summed E-state index contributed by atoms with van der Waals surface area (Å²) >= 11 is 0.563. The quantitative estimate of drug-likeness (QED) is 0.407. The molecule has 0 bridgehead atoms. The van der Waals surface area contributed by atoms with Gasteiger partial charge in [0, 0.05) is 0 Å². The van der Waals surface area contributed by atoms with Crippen molar-refractivity contribution in [3.8, 4) is 0 Å². The summed E-state index contributed by atoms with van der Waals surface area (Å²) in [6, 6.07) is 42.1. The van der Waals surface area contributed by atoms with Crippen molar-refractivity contribution in [1.29, 1.82) is 0 Å². The van der Waals surface area contributed by atoms with Crippen LogP contribution in [0.1, 0.15) is 0 Å². The Balaban J connectivity index is 2.12. The third-order valence-electron chi connectivity index (χ3n) is 4.90. The van der Waals surface area contributed by atoms with Gasteiger partial charge in [0.05, 0.1) is 0 Å². The molecule has 0 saturated heterocycles. The molecule has 0 amide bonds. The zero-order chi connectivity index (χ0) is 17.8. The van der Waals surface area contributed by atoms with Crippen molar-refractivity contribution >= 4 is 46.8 Å². The average molecular weight is 460 g/mol. The van der Waals surface area contributed by atoms with Crippen LogP contribution in [-0.4, -0.2) is 13.3 Å². The Labute approximate surface area is 166 Å². The molecule has 0 N–H and O–H groups in total. The monoisotopic (exact) mass is 460 g/mol. The summed E-state index contributed by atoms with van der Waals surface area (Å²) in [5.41, 5.74) is 0. The first-order valence-corrected chi connectivity index (χ1v) is 13.7. The summed E-state index contributed by atoms with van der Waals surface area (Å²) < 4.78 is 6.91. The number of rotatable bonds is 4. The van der Waals surface area contributed by atoms with Crippen molar-refractivity contribution in [2.24, 2.45) is 0 Å². The molecule has 0 heterocycles. The molecule has 0 aliphatic carbocycles. The molecule has 0 unspecified atom stereocenters. The standard InChI is InChI=1S/C24H19BrGe/c25-20-16-18-24(19-17-20)26(21-10-4-1-5-11-21,22-12-6-2-7-13-22)23-14-8-3-9-15-23/h1-19H. The van der Waals surface area contributed by atoms with Gasteiger partial charge in [-0.2, -0.15) is 0 Å². The first-order valence-electron chi connectivity index (χ1n) is 8.74. The van der Waals surface area contributed by atoms with E-state index in [1.54, 1.807) is 0 Å². The van der Waals surface area contributed by atoms with Crippen LogP contribution in [0.2, 0.25) is 0 Å². The maximum absolute atomic E-state index is 3.60. The van der Waals surface area contributed by atoms with Gasteiger partial charge in [-0.3, -0.25) is 0 Å². The fraction of sp³-hybridized carbons (Fsp3) is 0. The van der Waals surface area contributed by atoms with Gasteiger partial charge < -0.3 is 0 Å². The Morgan fingerprint density at radius 1 is 0.385 bits per heavy atom. The minimum atomic E-state index is -3.04. The van der Waals surface area contributed by atoms with Crippen LogP contribution in [0.15, 0.2) is 120 Å². The molecule has 0 aliphatic heterocycles. The summed E-state index contributed by atoms with van der Waals surface area (Å²) in [6.07, 6.45) is 0. The predicted molar refractivity (Wildman–Crippen MR) is 118 cm³/mol. The maximum atomic E-state index is 3.60. The third-order valence-corrected chi connectivity index (χ3v) is 15.5. The second-order valence-electron chi connectivity index (χ2n) is 6.35. The summed E-state index contributed by atoms with van der Waals surface area (Å²) in [5, 5.41) is 0. The van der Waals surface area contributed by atoms with Crippen LogP contribution < -0.4 is 17.6 Å². The SMILES string of the molecule is Brc1cc[c]([Ge]([c]2ccccc2)([c]2ccccc2)[c]2ccccc2)cc1. The number of hydrogen-bond donors (Lipinski definition) is 0. The van der Waals surface area contributed by atoms with E-state index in [1.807, 2.05) is 0 Å². The molecule has 4 aromatic rings. The van der Waals surface area contributed by atoms with Gasteiger partial charge in [-0.1, -0.05) is 0 Å². The normalized spacial score (nSPS) is 11.3. The van der Waals surface area contributed by atoms with Crippen LogP contribution in [0.5, 0.6) is 0 Å². The molecular formula is C24H19BrGe. The van der Waals surface area contributed by atoms with Gasteiger partial charge in [0.1, 0.15) is 0 Å². The zero-order valence-electron chi connectivity index (χ0n) is 14.3. The Morgan fingerprint density at radius 2 is 0.692 bits per heavy atom. The van der Waals surface area contributed by atoms with Crippen LogP contribution in [0, 0.1) is 0 Å². The van der Waals surface area contributed by atoms with Gasteiger partial charge in [-0.05, 0) is 0 Å². The van der Waals surface area contributed by atoms with Crippen LogP contribution >= 0.6 is 15.9 Å². The molecule has 0 nitrogen and oxygen atoms in total. The van der Waals surface area contributed by atoms with Crippen LogP contribution in [0.4, 0.5) is 0 Å². The Bertz CT molecular complexity index is 868. The molecule has 0 fully saturated rings. The fourth-order valence-electron chi connectivity index (χ4n) is 3.76.